The van der Waals surface area contributed by atoms with Gasteiger partial charge in [-0.15, -0.1) is 0 Å². The van der Waals surface area contributed by atoms with Crippen LogP contribution in [0, 0.1) is 0 Å². The fraction of sp³-hybridized carbons (Fsp3) is 0.278. The number of aromatic hydroxyl groups is 2. The normalized spacial score (nSPS) is 15.2. The Bertz CT molecular complexity index is 984. The Labute approximate surface area is 140 Å². The van der Waals surface area contributed by atoms with E-state index in [0.29, 0.717) is 10.8 Å². The highest BCUT2D eigenvalue weighted by Crippen LogP contribution is 2.48. The number of nitrogens with zero attached hydrogens (tertiary/aromatic N) is 1. The van der Waals surface area contributed by atoms with Crippen LogP contribution in [0.4, 0.5) is 5.69 Å². The van der Waals surface area contributed by atoms with Crippen LogP contribution in [0.2, 0.25) is 0 Å². The van der Waals surface area contributed by atoms with Crippen molar-refractivity contribution in [3.05, 3.63) is 35.4 Å². The molecule has 0 saturated heterocycles. The third kappa shape index (κ3) is 2.78. The molecule has 2 N–H and O–H groups in total. The summed E-state index contributed by atoms with van der Waals surface area (Å²) < 4.78 is 24.4. The number of allylic oxidation sites excluding steroid dienone is 2. The zero-order chi connectivity index (χ0) is 17.5. The molecule has 0 radical (unpaired) electrons. The predicted molar refractivity (Wildman–Crippen MR) is 95.2 cm³/mol. The first kappa shape index (κ1) is 16.5. The lowest BCUT2D eigenvalue weighted by Gasteiger charge is -2.17. The Morgan fingerprint density at radius 3 is 2.67 bits per heavy atom. The standard InChI is InChI=1S/C18H19NO4S/c1-11(2)4-3-5-12-6-7-13-14(10-12)16(20)15-18(17(13)21)24(22,23)9-8-19-15/h4,6-8,10,20-21H,3,5,9H2,1-2H3. The molecule has 1 heterocycles. The first-order chi connectivity index (χ1) is 11.3. The molecular formula is C18H19NO4S. The van der Waals surface area contributed by atoms with Crippen molar-refractivity contribution in [2.45, 2.75) is 31.6 Å². The average molecular weight is 345 g/mol. The van der Waals surface area contributed by atoms with Crippen molar-refractivity contribution in [2.24, 2.45) is 4.99 Å². The van der Waals surface area contributed by atoms with E-state index in [1.165, 1.54) is 11.8 Å². The highest BCUT2D eigenvalue weighted by molar-refractivity contribution is 7.92. The molecule has 3 rings (SSSR count). The van der Waals surface area contributed by atoms with E-state index < -0.39 is 9.84 Å². The number of sulfone groups is 1. The fourth-order valence-electron chi connectivity index (χ4n) is 2.87. The van der Waals surface area contributed by atoms with E-state index in [0.717, 1.165) is 18.4 Å². The van der Waals surface area contributed by atoms with E-state index in [1.807, 2.05) is 19.9 Å². The summed E-state index contributed by atoms with van der Waals surface area (Å²) in [7, 11) is -3.69. The van der Waals surface area contributed by atoms with E-state index in [1.54, 1.807) is 12.1 Å². The van der Waals surface area contributed by atoms with E-state index in [2.05, 4.69) is 11.1 Å². The van der Waals surface area contributed by atoms with Crippen LogP contribution in [0.5, 0.6) is 11.5 Å². The summed E-state index contributed by atoms with van der Waals surface area (Å²) in [6, 6.07) is 5.27. The summed E-state index contributed by atoms with van der Waals surface area (Å²) in [5.41, 5.74) is 2.16. The molecule has 126 valence electrons. The predicted octanol–water partition coefficient (Wildman–Crippen LogP) is 3.64. The van der Waals surface area contributed by atoms with Gasteiger partial charge in [0.05, 0.1) is 5.75 Å². The highest BCUT2D eigenvalue weighted by Gasteiger charge is 2.30. The molecule has 24 heavy (non-hydrogen) atoms. The second-order valence-electron chi connectivity index (χ2n) is 6.17. The van der Waals surface area contributed by atoms with Gasteiger partial charge >= 0.3 is 0 Å². The lowest BCUT2D eigenvalue weighted by Crippen LogP contribution is -2.12. The van der Waals surface area contributed by atoms with Gasteiger partial charge in [-0.1, -0.05) is 23.8 Å². The minimum atomic E-state index is -3.69. The average Bonchev–Trinajstić information content (AvgIpc) is 2.51. The Hall–Kier alpha value is -2.34. The smallest absolute Gasteiger partial charge is 0.189 e. The molecule has 0 unspecified atom stereocenters. The molecular weight excluding hydrogens is 326 g/mol. The van der Waals surface area contributed by atoms with E-state index >= 15 is 0 Å². The number of hydrogen-bond acceptors (Lipinski definition) is 5. The van der Waals surface area contributed by atoms with Gasteiger partial charge in [0.1, 0.15) is 16.3 Å². The summed E-state index contributed by atoms with van der Waals surface area (Å²) in [6.45, 7) is 4.07. The third-order valence-electron chi connectivity index (χ3n) is 4.06. The molecule has 0 amide bonds. The largest absolute Gasteiger partial charge is 0.506 e. The topological polar surface area (TPSA) is 87.0 Å². The number of benzene rings is 2. The minimum absolute atomic E-state index is 0.0762. The Morgan fingerprint density at radius 1 is 1.21 bits per heavy atom. The summed E-state index contributed by atoms with van der Waals surface area (Å²) in [6.07, 6.45) is 5.03. The van der Waals surface area contributed by atoms with E-state index in [4.69, 9.17) is 0 Å². The lowest BCUT2D eigenvalue weighted by atomic mass is 10.0. The van der Waals surface area contributed by atoms with Crippen LogP contribution in [0.25, 0.3) is 10.8 Å². The van der Waals surface area contributed by atoms with Gasteiger partial charge in [0, 0.05) is 17.0 Å². The molecule has 5 nitrogen and oxygen atoms in total. The third-order valence-corrected chi connectivity index (χ3v) is 5.66. The number of phenols is 2. The van der Waals surface area contributed by atoms with Crippen molar-refractivity contribution >= 4 is 32.5 Å². The SMILES string of the molecule is CC(C)=CCCc1ccc2c(O)c3c(c(O)c2c1)N=CCS3(=O)=O. The van der Waals surface area contributed by atoms with Crippen molar-refractivity contribution in [3.8, 4) is 11.5 Å². The van der Waals surface area contributed by atoms with Gasteiger partial charge in [-0.3, -0.25) is 4.99 Å². The highest BCUT2D eigenvalue weighted by atomic mass is 32.2. The summed E-state index contributed by atoms with van der Waals surface area (Å²) >= 11 is 0. The molecule has 2 aromatic carbocycles. The monoisotopic (exact) mass is 345 g/mol. The van der Waals surface area contributed by atoms with Crippen LogP contribution in [0.3, 0.4) is 0 Å². The quantitative estimate of drug-likeness (QED) is 0.657. The Kier molecular flexibility index (Phi) is 4.09. The van der Waals surface area contributed by atoms with Crippen LogP contribution in [-0.4, -0.2) is 30.6 Å². The maximum Gasteiger partial charge on any atom is 0.189 e. The Balaban J connectivity index is 2.17. The summed E-state index contributed by atoms with van der Waals surface area (Å²) in [4.78, 5) is 3.71. The van der Waals surface area contributed by atoms with Crippen molar-refractivity contribution < 1.29 is 18.6 Å². The summed E-state index contributed by atoms with van der Waals surface area (Å²) in [5.74, 6) is -0.828. The van der Waals surface area contributed by atoms with Gasteiger partial charge in [0.15, 0.2) is 15.6 Å². The van der Waals surface area contributed by atoms with E-state index in [9.17, 15) is 18.6 Å². The van der Waals surface area contributed by atoms with Crippen LogP contribution < -0.4 is 0 Å². The second-order valence-corrected chi connectivity index (χ2v) is 8.14. The van der Waals surface area contributed by atoms with Gasteiger partial charge < -0.3 is 10.2 Å². The van der Waals surface area contributed by atoms with Crippen molar-refractivity contribution in [3.63, 3.8) is 0 Å². The molecule has 1 aliphatic rings. The van der Waals surface area contributed by atoms with Crippen LogP contribution in [0.1, 0.15) is 25.8 Å². The molecule has 0 saturated carbocycles. The molecule has 2 aromatic rings. The maximum atomic E-state index is 12.2. The molecule has 0 bridgehead atoms. The van der Waals surface area contributed by atoms with Crippen molar-refractivity contribution in [1.29, 1.82) is 0 Å². The second kappa shape index (κ2) is 5.94. The van der Waals surface area contributed by atoms with Gasteiger partial charge in [-0.05, 0) is 38.3 Å². The number of aryl methyl sites for hydroxylation is 1. The molecule has 0 fully saturated rings. The number of aliphatic imine (C=N–C) groups is 1. The number of rotatable bonds is 3. The van der Waals surface area contributed by atoms with Crippen LogP contribution >= 0.6 is 0 Å². The van der Waals surface area contributed by atoms with Gasteiger partial charge in [0.2, 0.25) is 0 Å². The molecule has 6 heteroatoms. The summed E-state index contributed by atoms with van der Waals surface area (Å²) in [5, 5.41) is 21.6. The van der Waals surface area contributed by atoms with Crippen molar-refractivity contribution in [1.82, 2.24) is 0 Å². The fourth-order valence-corrected chi connectivity index (χ4v) is 4.16. The van der Waals surface area contributed by atoms with Crippen molar-refractivity contribution in [2.75, 3.05) is 5.75 Å². The lowest BCUT2D eigenvalue weighted by molar-refractivity contribution is 0.456. The van der Waals surface area contributed by atoms with Crippen LogP contribution in [-0.2, 0) is 16.3 Å². The molecule has 0 spiro atoms. The molecule has 1 aliphatic heterocycles. The van der Waals surface area contributed by atoms with E-state index in [-0.39, 0.29) is 27.8 Å². The number of hydrogen-bond donors (Lipinski definition) is 2. The van der Waals surface area contributed by atoms with Gasteiger partial charge in [-0.25, -0.2) is 8.42 Å². The van der Waals surface area contributed by atoms with Gasteiger partial charge in [0.25, 0.3) is 0 Å². The number of phenolic OH excluding ortho intramolecular Hbond substituents is 2. The maximum absolute atomic E-state index is 12.2. The van der Waals surface area contributed by atoms with Crippen LogP contribution in [0.15, 0.2) is 39.7 Å². The molecule has 0 atom stereocenters. The van der Waals surface area contributed by atoms with Gasteiger partial charge in [-0.2, -0.15) is 0 Å². The Morgan fingerprint density at radius 2 is 1.96 bits per heavy atom. The first-order valence-corrected chi connectivity index (χ1v) is 9.35. The minimum Gasteiger partial charge on any atom is -0.506 e. The zero-order valence-electron chi connectivity index (χ0n) is 13.6. The first-order valence-electron chi connectivity index (χ1n) is 7.70. The number of fused-ring (bicyclic) bond motifs is 2. The molecule has 0 aromatic heterocycles. The molecule has 0 aliphatic carbocycles. The zero-order valence-corrected chi connectivity index (χ0v) is 14.4.